The minimum absolute atomic E-state index is 0.476. The molecule has 0 radical (unpaired) electrons. The van der Waals surface area contributed by atoms with Gasteiger partial charge in [0.2, 0.25) is 0 Å². The van der Waals surface area contributed by atoms with Gasteiger partial charge in [0.15, 0.2) is 6.01 Å². The zero-order valence-corrected chi connectivity index (χ0v) is 11.6. The SMILES string of the molecule is Cc1ccccc1N(SCF)S(=O)(=O)N(C)C. The van der Waals surface area contributed by atoms with Gasteiger partial charge >= 0.3 is 10.2 Å². The van der Waals surface area contributed by atoms with E-state index >= 15 is 0 Å². The van der Waals surface area contributed by atoms with Crippen molar-refractivity contribution < 1.29 is 12.8 Å². The summed E-state index contributed by atoms with van der Waals surface area (Å²) in [7, 11) is -0.855. The highest BCUT2D eigenvalue weighted by Crippen LogP contribution is 2.30. The van der Waals surface area contributed by atoms with E-state index in [-0.39, 0.29) is 0 Å². The van der Waals surface area contributed by atoms with Crippen LogP contribution in [-0.2, 0) is 10.2 Å². The van der Waals surface area contributed by atoms with Crippen molar-refractivity contribution in [3.63, 3.8) is 0 Å². The third-order valence-electron chi connectivity index (χ3n) is 2.15. The summed E-state index contributed by atoms with van der Waals surface area (Å²) in [6.07, 6.45) is 0. The molecule has 0 spiro atoms. The third kappa shape index (κ3) is 3.11. The minimum atomic E-state index is -3.69. The largest absolute Gasteiger partial charge is 0.313 e. The number of benzene rings is 1. The van der Waals surface area contributed by atoms with Gasteiger partial charge in [-0.2, -0.15) is 16.4 Å². The summed E-state index contributed by atoms with van der Waals surface area (Å²) in [6, 6.07) is 6.16. The lowest BCUT2D eigenvalue weighted by Crippen LogP contribution is -2.36. The topological polar surface area (TPSA) is 40.6 Å². The van der Waals surface area contributed by atoms with Crippen molar-refractivity contribution in [3.05, 3.63) is 29.8 Å². The van der Waals surface area contributed by atoms with Crippen LogP contribution in [0.25, 0.3) is 0 Å². The Kier molecular flexibility index (Phi) is 4.79. The molecule has 4 nitrogen and oxygen atoms in total. The van der Waals surface area contributed by atoms with E-state index in [1.54, 1.807) is 31.2 Å². The molecule has 0 amide bonds. The number of nitrogens with zero attached hydrogens (tertiary/aromatic N) is 2. The van der Waals surface area contributed by atoms with Gasteiger partial charge in [0.05, 0.1) is 5.69 Å². The number of halogens is 1. The lowest BCUT2D eigenvalue weighted by molar-refractivity contribution is 0.522. The van der Waals surface area contributed by atoms with Crippen LogP contribution in [0.2, 0.25) is 0 Å². The number of rotatable bonds is 5. The Hall–Kier alpha value is -0.790. The highest BCUT2D eigenvalue weighted by Gasteiger charge is 2.26. The zero-order valence-electron chi connectivity index (χ0n) is 9.92. The molecule has 0 aliphatic carbocycles. The summed E-state index contributed by atoms with van der Waals surface area (Å²) in [6.45, 7) is 1.78. The number of aryl methyl sites for hydroxylation is 1. The minimum Gasteiger partial charge on any atom is -0.237 e. The molecule has 0 N–H and O–H groups in total. The Morgan fingerprint density at radius 2 is 1.88 bits per heavy atom. The number of alkyl halides is 1. The molecule has 0 atom stereocenters. The molecule has 7 heteroatoms. The molecule has 0 heterocycles. The van der Waals surface area contributed by atoms with Gasteiger partial charge in [-0.15, -0.1) is 0 Å². The highest BCUT2D eigenvalue weighted by atomic mass is 32.3. The van der Waals surface area contributed by atoms with Gasteiger partial charge in [0.25, 0.3) is 0 Å². The molecule has 96 valence electrons. The van der Waals surface area contributed by atoms with Crippen LogP contribution < -0.4 is 3.71 Å². The fraction of sp³-hybridized carbons (Fsp3) is 0.400. The van der Waals surface area contributed by atoms with Crippen molar-refractivity contribution in [1.82, 2.24) is 4.31 Å². The zero-order chi connectivity index (χ0) is 13.1. The second-order valence-electron chi connectivity index (χ2n) is 3.54. The van der Waals surface area contributed by atoms with Crippen LogP contribution in [0.5, 0.6) is 0 Å². The second kappa shape index (κ2) is 5.70. The van der Waals surface area contributed by atoms with E-state index in [4.69, 9.17) is 0 Å². The van der Waals surface area contributed by atoms with E-state index in [9.17, 15) is 12.8 Å². The fourth-order valence-corrected chi connectivity index (χ4v) is 3.46. The first-order chi connectivity index (χ1) is 7.91. The van der Waals surface area contributed by atoms with E-state index in [2.05, 4.69) is 0 Å². The van der Waals surface area contributed by atoms with Gasteiger partial charge in [-0.05, 0) is 18.6 Å². The Morgan fingerprint density at radius 1 is 1.29 bits per heavy atom. The second-order valence-corrected chi connectivity index (χ2v) is 6.61. The third-order valence-corrected chi connectivity index (χ3v) is 5.10. The van der Waals surface area contributed by atoms with Crippen molar-refractivity contribution >= 4 is 27.8 Å². The summed E-state index contributed by atoms with van der Waals surface area (Å²) in [5.74, 6) is 0. The standard InChI is InChI=1S/C10H15FN2O2S2/c1-9-6-4-5-7-10(9)13(16-8-11)17(14,15)12(2)3/h4-7H,8H2,1-3H3. The molecule has 0 saturated heterocycles. The summed E-state index contributed by atoms with van der Waals surface area (Å²) < 4.78 is 38.6. The van der Waals surface area contributed by atoms with Gasteiger partial charge in [0, 0.05) is 26.0 Å². The highest BCUT2D eigenvalue weighted by molar-refractivity contribution is 8.13. The van der Waals surface area contributed by atoms with Gasteiger partial charge in [0.1, 0.15) is 0 Å². The van der Waals surface area contributed by atoms with Crippen LogP contribution in [0.1, 0.15) is 5.56 Å². The van der Waals surface area contributed by atoms with Crippen molar-refractivity contribution in [3.8, 4) is 0 Å². The first-order valence-corrected chi connectivity index (χ1v) is 7.22. The Bertz CT molecular complexity index is 477. The summed E-state index contributed by atoms with van der Waals surface area (Å²) >= 11 is 0.616. The van der Waals surface area contributed by atoms with Gasteiger partial charge in [-0.25, -0.2) is 4.39 Å². The number of hydrogen-bond acceptors (Lipinski definition) is 3. The lowest BCUT2D eigenvalue weighted by atomic mass is 10.2. The van der Waals surface area contributed by atoms with Crippen LogP contribution in [0.15, 0.2) is 24.3 Å². The molecule has 17 heavy (non-hydrogen) atoms. The molecular formula is C10H15FN2O2S2. The van der Waals surface area contributed by atoms with E-state index in [1.165, 1.54) is 14.1 Å². The maximum Gasteiger partial charge on any atom is 0.313 e. The Morgan fingerprint density at radius 3 is 2.35 bits per heavy atom. The van der Waals surface area contributed by atoms with Crippen LogP contribution >= 0.6 is 11.9 Å². The predicted octanol–water partition coefficient (Wildman–Crippen LogP) is 2.18. The normalized spacial score (nSPS) is 11.8. The first kappa shape index (κ1) is 14.3. The lowest BCUT2D eigenvalue weighted by Gasteiger charge is -2.26. The molecule has 1 aromatic rings. The maximum absolute atomic E-state index is 12.5. The van der Waals surface area contributed by atoms with Crippen LogP contribution in [0.3, 0.4) is 0 Å². The van der Waals surface area contributed by atoms with E-state index in [1.807, 2.05) is 0 Å². The molecule has 0 aliphatic rings. The number of anilines is 1. The quantitative estimate of drug-likeness (QED) is 0.775. The van der Waals surface area contributed by atoms with E-state index in [0.717, 1.165) is 13.6 Å². The van der Waals surface area contributed by atoms with Crippen molar-refractivity contribution in [2.24, 2.45) is 0 Å². The van der Waals surface area contributed by atoms with Crippen LogP contribution in [0, 0.1) is 6.92 Å². The molecule has 0 fully saturated rings. The van der Waals surface area contributed by atoms with E-state index < -0.39 is 16.2 Å². The van der Waals surface area contributed by atoms with Gasteiger partial charge in [-0.1, -0.05) is 18.2 Å². The Labute approximate surface area is 106 Å². The van der Waals surface area contributed by atoms with Gasteiger partial charge in [-0.3, -0.25) is 0 Å². The maximum atomic E-state index is 12.5. The molecule has 0 unspecified atom stereocenters. The Balaban J connectivity index is 3.24. The smallest absolute Gasteiger partial charge is 0.237 e. The van der Waals surface area contributed by atoms with E-state index in [0.29, 0.717) is 17.6 Å². The number of hydrogen-bond donors (Lipinski definition) is 0. The van der Waals surface area contributed by atoms with Crippen LogP contribution in [-0.4, -0.2) is 32.8 Å². The average molecular weight is 278 g/mol. The van der Waals surface area contributed by atoms with Gasteiger partial charge < -0.3 is 0 Å². The molecule has 0 saturated carbocycles. The molecule has 0 aromatic heterocycles. The monoisotopic (exact) mass is 278 g/mol. The summed E-state index contributed by atoms with van der Waals surface area (Å²) in [4.78, 5) is 0. The number of para-hydroxylation sites is 1. The predicted molar refractivity (Wildman–Crippen MR) is 69.8 cm³/mol. The fourth-order valence-electron chi connectivity index (χ4n) is 1.22. The molecular weight excluding hydrogens is 263 g/mol. The van der Waals surface area contributed by atoms with Crippen molar-refractivity contribution in [1.29, 1.82) is 0 Å². The first-order valence-electron chi connectivity index (χ1n) is 4.88. The summed E-state index contributed by atoms with van der Waals surface area (Å²) in [5, 5.41) is 0. The van der Waals surface area contributed by atoms with Crippen molar-refractivity contribution in [2.75, 3.05) is 23.8 Å². The summed E-state index contributed by atoms with van der Waals surface area (Å²) in [5.41, 5.74) is 1.25. The van der Waals surface area contributed by atoms with Crippen molar-refractivity contribution in [2.45, 2.75) is 6.92 Å². The van der Waals surface area contributed by atoms with Crippen LogP contribution in [0.4, 0.5) is 10.1 Å². The molecule has 1 rings (SSSR count). The molecule has 0 bridgehead atoms. The average Bonchev–Trinajstić information content (AvgIpc) is 2.26. The molecule has 0 aliphatic heterocycles. The molecule has 1 aromatic carbocycles.